The summed E-state index contributed by atoms with van der Waals surface area (Å²) >= 11 is 0. The molecule has 0 aliphatic heterocycles. The van der Waals surface area contributed by atoms with Crippen molar-refractivity contribution in [1.29, 1.82) is 0 Å². The molecule has 3 rings (SSSR count). The van der Waals surface area contributed by atoms with Gasteiger partial charge < -0.3 is 15.8 Å². The topological polar surface area (TPSA) is 105 Å². The van der Waals surface area contributed by atoms with Gasteiger partial charge in [0.15, 0.2) is 0 Å². The van der Waals surface area contributed by atoms with Gasteiger partial charge in [-0.25, -0.2) is 0 Å². The summed E-state index contributed by atoms with van der Waals surface area (Å²) in [5, 5.41) is 21.1. The van der Waals surface area contributed by atoms with Crippen LogP contribution in [0.3, 0.4) is 0 Å². The van der Waals surface area contributed by atoms with E-state index in [1.165, 1.54) is 6.07 Å². The third-order valence-electron chi connectivity index (χ3n) is 3.89. The van der Waals surface area contributed by atoms with E-state index in [9.17, 15) is 10.1 Å². The standard InChI is InChI=1S/C17H17N3O3/c18-13(10-21)8-12-9-19-17-14(11-4-2-1-3-5-11)6-7-15(16(12)17)20(22)23/h1-7,9,13,19,21H,8,10,18H2/t13-/m0/s1. The number of nitrogens with one attached hydrogen (secondary N) is 1. The van der Waals surface area contributed by atoms with Gasteiger partial charge in [-0.3, -0.25) is 10.1 Å². The predicted molar refractivity (Wildman–Crippen MR) is 89.2 cm³/mol. The van der Waals surface area contributed by atoms with Crippen molar-refractivity contribution in [2.75, 3.05) is 6.61 Å². The average Bonchev–Trinajstić information content (AvgIpc) is 2.98. The summed E-state index contributed by atoms with van der Waals surface area (Å²) in [5.41, 5.74) is 9.17. The SMILES string of the molecule is N[C@H](CO)Cc1c[nH]c2c(-c3ccccc3)ccc([N+](=O)[O-])c12. The molecule has 0 radical (unpaired) electrons. The fourth-order valence-electron chi connectivity index (χ4n) is 2.82. The molecule has 0 saturated heterocycles. The molecule has 0 saturated carbocycles. The van der Waals surface area contributed by atoms with E-state index in [1.54, 1.807) is 12.3 Å². The highest BCUT2D eigenvalue weighted by molar-refractivity contribution is 6.01. The Morgan fingerprint density at radius 2 is 1.96 bits per heavy atom. The first-order valence-electron chi connectivity index (χ1n) is 7.31. The maximum atomic E-state index is 11.4. The molecule has 1 atom stereocenters. The first-order valence-corrected chi connectivity index (χ1v) is 7.31. The number of hydrogen-bond donors (Lipinski definition) is 3. The van der Waals surface area contributed by atoms with Gasteiger partial charge in [0.1, 0.15) is 0 Å². The van der Waals surface area contributed by atoms with Crippen LogP contribution in [0, 0.1) is 10.1 Å². The minimum absolute atomic E-state index is 0.0427. The van der Waals surface area contributed by atoms with Crippen molar-refractivity contribution in [1.82, 2.24) is 4.98 Å². The van der Waals surface area contributed by atoms with Gasteiger partial charge in [0.25, 0.3) is 5.69 Å². The minimum atomic E-state index is -0.450. The molecule has 0 fully saturated rings. The predicted octanol–water partition coefficient (Wildman–Crippen LogP) is 2.61. The number of nitrogens with two attached hydrogens (primary N) is 1. The molecule has 118 valence electrons. The molecule has 0 aliphatic carbocycles. The van der Waals surface area contributed by atoms with Crippen LogP contribution in [0.2, 0.25) is 0 Å². The van der Waals surface area contributed by atoms with Crippen LogP contribution in [-0.4, -0.2) is 27.7 Å². The van der Waals surface area contributed by atoms with E-state index < -0.39 is 6.04 Å². The number of rotatable bonds is 5. The molecular formula is C17H17N3O3. The Kier molecular flexibility index (Phi) is 4.10. The number of nitro groups is 1. The summed E-state index contributed by atoms with van der Waals surface area (Å²) in [4.78, 5) is 14.1. The van der Waals surface area contributed by atoms with Gasteiger partial charge in [-0.05, 0) is 23.6 Å². The first-order chi connectivity index (χ1) is 11.1. The maximum absolute atomic E-state index is 11.4. The summed E-state index contributed by atoms with van der Waals surface area (Å²) in [6, 6.07) is 12.5. The van der Waals surface area contributed by atoms with Crippen molar-refractivity contribution >= 4 is 16.6 Å². The number of benzene rings is 2. The first kappa shape index (κ1) is 15.2. The van der Waals surface area contributed by atoms with E-state index in [2.05, 4.69) is 4.98 Å². The maximum Gasteiger partial charge on any atom is 0.279 e. The van der Waals surface area contributed by atoms with Gasteiger partial charge in [-0.15, -0.1) is 0 Å². The van der Waals surface area contributed by atoms with Crippen LogP contribution < -0.4 is 5.73 Å². The number of non-ortho nitro benzene ring substituents is 1. The fourth-order valence-corrected chi connectivity index (χ4v) is 2.82. The molecule has 6 nitrogen and oxygen atoms in total. The highest BCUT2D eigenvalue weighted by Gasteiger charge is 2.21. The number of fused-ring (bicyclic) bond motifs is 1. The number of aromatic nitrogens is 1. The zero-order chi connectivity index (χ0) is 16.4. The normalized spacial score (nSPS) is 12.4. The Balaban J connectivity index is 2.23. The van der Waals surface area contributed by atoms with Crippen molar-refractivity contribution in [3.05, 3.63) is 64.3 Å². The number of nitrogens with zero attached hydrogens (tertiary/aromatic N) is 1. The molecule has 2 aromatic carbocycles. The van der Waals surface area contributed by atoms with Crippen LogP contribution in [0.15, 0.2) is 48.7 Å². The van der Waals surface area contributed by atoms with E-state index in [0.717, 1.165) is 16.7 Å². The van der Waals surface area contributed by atoms with Gasteiger partial charge in [0.2, 0.25) is 0 Å². The van der Waals surface area contributed by atoms with Crippen LogP contribution in [0.5, 0.6) is 0 Å². The van der Waals surface area contributed by atoms with Crippen molar-refractivity contribution in [3.63, 3.8) is 0 Å². The molecule has 1 heterocycles. The van der Waals surface area contributed by atoms with Crippen LogP contribution in [0.25, 0.3) is 22.0 Å². The molecule has 0 amide bonds. The highest BCUT2D eigenvalue weighted by Crippen LogP contribution is 2.36. The summed E-state index contributed by atoms with van der Waals surface area (Å²) in [6.45, 7) is -0.168. The van der Waals surface area contributed by atoms with Gasteiger partial charge in [0, 0.05) is 23.9 Å². The van der Waals surface area contributed by atoms with E-state index in [4.69, 9.17) is 10.8 Å². The average molecular weight is 311 g/mol. The largest absolute Gasteiger partial charge is 0.395 e. The molecule has 4 N–H and O–H groups in total. The highest BCUT2D eigenvalue weighted by atomic mass is 16.6. The van der Waals surface area contributed by atoms with Crippen LogP contribution in [0.4, 0.5) is 5.69 Å². The van der Waals surface area contributed by atoms with Gasteiger partial charge in [0.05, 0.1) is 22.4 Å². The molecule has 1 aromatic heterocycles. The smallest absolute Gasteiger partial charge is 0.279 e. The second-order valence-corrected chi connectivity index (χ2v) is 5.47. The number of aromatic amines is 1. The van der Waals surface area contributed by atoms with Crippen LogP contribution in [0.1, 0.15) is 5.56 Å². The second-order valence-electron chi connectivity index (χ2n) is 5.47. The molecule has 23 heavy (non-hydrogen) atoms. The van der Waals surface area contributed by atoms with Crippen LogP contribution in [-0.2, 0) is 6.42 Å². The Bertz CT molecular complexity index is 843. The van der Waals surface area contributed by atoms with Gasteiger partial charge in [-0.1, -0.05) is 30.3 Å². The van der Waals surface area contributed by atoms with Crippen LogP contribution >= 0.6 is 0 Å². The van der Waals surface area contributed by atoms with Crippen molar-refractivity contribution < 1.29 is 10.0 Å². The lowest BCUT2D eigenvalue weighted by Gasteiger charge is -2.08. The van der Waals surface area contributed by atoms with E-state index in [0.29, 0.717) is 17.3 Å². The molecule has 0 aliphatic rings. The Morgan fingerprint density at radius 1 is 1.22 bits per heavy atom. The zero-order valence-electron chi connectivity index (χ0n) is 12.4. The van der Waals surface area contributed by atoms with Crippen molar-refractivity contribution in [2.45, 2.75) is 12.5 Å². The number of aliphatic hydroxyl groups excluding tert-OH is 1. The van der Waals surface area contributed by atoms with Crippen molar-refractivity contribution in [2.24, 2.45) is 5.73 Å². The number of H-pyrrole nitrogens is 1. The zero-order valence-corrected chi connectivity index (χ0v) is 12.4. The second kappa shape index (κ2) is 6.20. The molecule has 6 heteroatoms. The molecule has 0 bridgehead atoms. The van der Waals surface area contributed by atoms with E-state index in [-0.39, 0.29) is 17.2 Å². The summed E-state index contributed by atoms with van der Waals surface area (Å²) in [7, 11) is 0. The summed E-state index contributed by atoms with van der Waals surface area (Å²) in [5.74, 6) is 0. The number of nitro benzene ring substituents is 1. The quantitative estimate of drug-likeness (QED) is 0.497. The Hall–Kier alpha value is -2.70. The summed E-state index contributed by atoms with van der Waals surface area (Å²) in [6.07, 6.45) is 2.11. The van der Waals surface area contributed by atoms with Gasteiger partial charge >= 0.3 is 0 Å². The van der Waals surface area contributed by atoms with E-state index in [1.807, 2.05) is 30.3 Å². The Labute approximate surface area is 132 Å². The molecule has 3 aromatic rings. The number of hydrogen-bond acceptors (Lipinski definition) is 4. The van der Waals surface area contributed by atoms with E-state index >= 15 is 0 Å². The van der Waals surface area contributed by atoms with Crippen molar-refractivity contribution in [3.8, 4) is 11.1 Å². The lowest BCUT2D eigenvalue weighted by atomic mass is 9.98. The van der Waals surface area contributed by atoms with Gasteiger partial charge in [-0.2, -0.15) is 0 Å². The molecule has 0 unspecified atom stereocenters. The summed E-state index contributed by atoms with van der Waals surface area (Å²) < 4.78 is 0. The Morgan fingerprint density at radius 3 is 2.61 bits per heavy atom. The fraction of sp³-hybridized carbons (Fsp3) is 0.176. The molecular weight excluding hydrogens is 294 g/mol. The lowest BCUT2D eigenvalue weighted by Crippen LogP contribution is -2.26. The lowest BCUT2D eigenvalue weighted by molar-refractivity contribution is -0.383. The third-order valence-corrected chi connectivity index (χ3v) is 3.89. The number of aliphatic hydroxyl groups is 1. The molecule has 0 spiro atoms. The monoisotopic (exact) mass is 311 g/mol. The minimum Gasteiger partial charge on any atom is -0.395 e. The third kappa shape index (κ3) is 2.81.